The molecule has 2 fully saturated rings. The highest BCUT2D eigenvalue weighted by molar-refractivity contribution is 5.76. The number of hydrogen-bond donors (Lipinski definition) is 9. The fraction of sp³-hybridized carbons (Fsp3) is 0.771. The molecule has 0 bridgehead atoms. The third-order valence-electron chi connectivity index (χ3n) is 18.7. The van der Waals surface area contributed by atoms with Crippen LogP contribution >= 0.6 is 0 Å². The summed E-state index contributed by atoms with van der Waals surface area (Å²) >= 11 is 0. The van der Waals surface area contributed by atoms with E-state index in [-0.39, 0.29) is 18.9 Å². The number of allylic oxidation sites excluding steroid dienone is 17. The maximum Gasteiger partial charge on any atom is 0.220 e. The van der Waals surface area contributed by atoms with Gasteiger partial charge in [-0.15, -0.1) is 0 Å². The molecular formula is C83H145NO13. The first kappa shape index (κ1) is 89.7. The molecule has 0 spiro atoms. The Kier molecular flexibility index (Phi) is 61.0. The van der Waals surface area contributed by atoms with Crippen LogP contribution in [0.5, 0.6) is 0 Å². The minimum Gasteiger partial charge on any atom is -0.394 e. The van der Waals surface area contributed by atoms with Crippen LogP contribution in [0, 0.1) is 0 Å². The molecule has 0 aliphatic carbocycles. The van der Waals surface area contributed by atoms with E-state index in [9.17, 15) is 45.6 Å². The van der Waals surface area contributed by atoms with Gasteiger partial charge in [0.05, 0.1) is 32.0 Å². The second-order valence-corrected chi connectivity index (χ2v) is 27.4. The number of nitrogens with one attached hydrogen (secondary N) is 1. The Bertz CT molecular complexity index is 2050. The number of carbonyl (C=O) groups is 1. The third kappa shape index (κ3) is 49.0. The van der Waals surface area contributed by atoms with Gasteiger partial charge in [-0.2, -0.15) is 0 Å². The van der Waals surface area contributed by atoms with Crippen LogP contribution in [0.1, 0.15) is 316 Å². The number of ether oxygens (including phenoxy) is 4. The van der Waals surface area contributed by atoms with Crippen molar-refractivity contribution in [3.05, 3.63) is 109 Å². The van der Waals surface area contributed by atoms with Crippen molar-refractivity contribution in [1.29, 1.82) is 0 Å². The first-order valence-electron chi connectivity index (χ1n) is 39.6. The average Bonchev–Trinajstić information content (AvgIpc) is 0.794. The van der Waals surface area contributed by atoms with Gasteiger partial charge in [0, 0.05) is 6.42 Å². The molecule has 0 aromatic carbocycles. The van der Waals surface area contributed by atoms with E-state index in [1.165, 1.54) is 199 Å². The van der Waals surface area contributed by atoms with Crippen molar-refractivity contribution in [2.75, 3.05) is 19.8 Å². The summed E-state index contributed by atoms with van der Waals surface area (Å²) in [5, 5.41) is 87.6. The molecule has 14 nitrogen and oxygen atoms in total. The van der Waals surface area contributed by atoms with Gasteiger partial charge in [-0.25, -0.2) is 0 Å². The summed E-state index contributed by atoms with van der Waals surface area (Å²) < 4.78 is 22.9. The molecule has 14 heteroatoms. The van der Waals surface area contributed by atoms with E-state index >= 15 is 0 Å². The summed E-state index contributed by atoms with van der Waals surface area (Å²) in [6.45, 7) is 2.70. The number of aliphatic hydroxyl groups is 8. The van der Waals surface area contributed by atoms with E-state index < -0.39 is 86.8 Å². The second kappa shape index (κ2) is 65.9. The quantitative estimate of drug-likeness (QED) is 0.0204. The summed E-state index contributed by atoms with van der Waals surface area (Å²) in [5.74, 6) is -0.257. The van der Waals surface area contributed by atoms with Gasteiger partial charge >= 0.3 is 0 Å². The lowest BCUT2D eigenvalue weighted by molar-refractivity contribution is -0.359. The number of amides is 1. The Hall–Kier alpha value is -3.35. The highest BCUT2D eigenvalue weighted by Gasteiger charge is 2.51. The summed E-state index contributed by atoms with van der Waals surface area (Å²) in [5.41, 5.74) is 0. The van der Waals surface area contributed by atoms with Crippen LogP contribution in [0.3, 0.4) is 0 Å². The molecule has 2 heterocycles. The number of carbonyl (C=O) groups excluding carboxylic acids is 1. The Morgan fingerprint density at radius 1 is 0.381 bits per heavy atom. The summed E-state index contributed by atoms with van der Waals surface area (Å²) in [6.07, 6.45) is 78.8. The highest BCUT2D eigenvalue weighted by atomic mass is 16.7. The van der Waals surface area contributed by atoms with Gasteiger partial charge in [-0.1, -0.05) is 329 Å². The molecule has 2 aliphatic heterocycles. The van der Waals surface area contributed by atoms with Crippen molar-refractivity contribution in [3.8, 4) is 0 Å². The van der Waals surface area contributed by atoms with Gasteiger partial charge in [0.1, 0.15) is 48.8 Å². The van der Waals surface area contributed by atoms with Crippen LogP contribution in [0.25, 0.3) is 0 Å². The predicted octanol–water partition coefficient (Wildman–Crippen LogP) is 17.9. The summed E-state index contributed by atoms with van der Waals surface area (Å²) in [7, 11) is 0. The van der Waals surface area contributed by atoms with Gasteiger partial charge < -0.3 is 65.1 Å². The van der Waals surface area contributed by atoms with Gasteiger partial charge in [0.15, 0.2) is 12.6 Å². The fourth-order valence-corrected chi connectivity index (χ4v) is 12.5. The zero-order valence-electron chi connectivity index (χ0n) is 61.3. The van der Waals surface area contributed by atoms with Gasteiger partial charge in [-0.3, -0.25) is 4.79 Å². The molecule has 12 unspecified atom stereocenters. The van der Waals surface area contributed by atoms with Gasteiger partial charge in [0.2, 0.25) is 5.91 Å². The van der Waals surface area contributed by atoms with Crippen LogP contribution in [0.2, 0.25) is 0 Å². The van der Waals surface area contributed by atoms with Crippen LogP contribution < -0.4 is 5.32 Å². The van der Waals surface area contributed by atoms with Crippen molar-refractivity contribution < 1.29 is 64.6 Å². The van der Waals surface area contributed by atoms with E-state index in [0.717, 1.165) is 83.5 Å². The fourth-order valence-electron chi connectivity index (χ4n) is 12.5. The molecule has 0 saturated carbocycles. The average molecular weight is 1370 g/mol. The highest BCUT2D eigenvalue weighted by Crippen LogP contribution is 2.30. The zero-order valence-corrected chi connectivity index (χ0v) is 61.3. The normalized spacial score (nSPS) is 22.7. The SMILES string of the molecule is CC/C=C\C/C=C\C/C=C\C/C=C\C/C=C\C/C=C\C/C=C\CCCCCCCCCCCC(=O)NC(COC1OC(CO)C(OC2OC(CO)C(O)C(O)C2O)C(O)C1O)C(O)/C=C/CC/C=C/CCCCCCCCCCCCCCCCCCCCCCCCCCCC. The van der Waals surface area contributed by atoms with Crippen LogP contribution in [0.4, 0.5) is 0 Å². The zero-order chi connectivity index (χ0) is 70.1. The standard InChI is InChI=1S/C83H145NO13/c1-3-5-7-9-11-13-15-17-19-21-23-25-27-29-31-33-35-37-38-40-42-44-46-48-50-52-54-56-58-60-62-64-66-72(87)71(70-94-82-80(93)78(91)81(74(69-86)96-82)97-83-79(92)77(90)76(89)73(68-85)95-83)84-75(88)67-65-63-61-59-57-55-53-51-49-47-45-43-41-39-36-34-32-30-28-26-24-22-20-18-16-14-12-10-8-6-4-2/h6,8,12,14,18,20,24,26,30,32,36,39,43,45,56,58,64,66,71-74,76-83,85-87,89-93H,3-5,7,9-11,13,15-17,19,21-23,25,27-29,31,33-35,37-38,40-42,44,46-55,57,59-63,65,67-70H2,1-2H3,(H,84,88)/b8-6-,14-12-,20-18-,26-24-,32-30-,39-36-,45-43-,58-56+,66-64+. The van der Waals surface area contributed by atoms with E-state index in [1.54, 1.807) is 6.08 Å². The van der Waals surface area contributed by atoms with E-state index in [1.807, 2.05) is 6.08 Å². The Morgan fingerprint density at radius 2 is 0.722 bits per heavy atom. The molecular weight excluding hydrogens is 1220 g/mol. The lowest BCUT2D eigenvalue weighted by Gasteiger charge is -2.46. The van der Waals surface area contributed by atoms with Crippen molar-refractivity contribution in [3.63, 3.8) is 0 Å². The minimum atomic E-state index is -1.80. The monoisotopic (exact) mass is 1360 g/mol. The minimum absolute atomic E-state index is 0.257. The van der Waals surface area contributed by atoms with E-state index in [4.69, 9.17) is 18.9 Å². The molecule has 97 heavy (non-hydrogen) atoms. The molecule has 0 radical (unpaired) electrons. The first-order chi connectivity index (χ1) is 47.6. The molecule has 2 aliphatic rings. The first-order valence-corrected chi connectivity index (χ1v) is 39.6. The number of rotatable bonds is 65. The van der Waals surface area contributed by atoms with E-state index in [0.29, 0.717) is 12.8 Å². The molecule has 1 amide bonds. The molecule has 2 saturated heterocycles. The Morgan fingerprint density at radius 3 is 1.13 bits per heavy atom. The predicted molar refractivity (Wildman–Crippen MR) is 401 cm³/mol. The van der Waals surface area contributed by atoms with Crippen LogP contribution in [-0.2, 0) is 23.7 Å². The smallest absolute Gasteiger partial charge is 0.220 e. The van der Waals surface area contributed by atoms with Crippen molar-refractivity contribution in [2.45, 2.75) is 389 Å². The molecule has 0 aromatic rings. The second-order valence-electron chi connectivity index (χ2n) is 27.4. The molecule has 9 N–H and O–H groups in total. The Labute approximate surface area is 591 Å². The molecule has 2 rings (SSSR count). The van der Waals surface area contributed by atoms with Crippen LogP contribution in [0.15, 0.2) is 109 Å². The van der Waals surface area contributed by atoms with E-state index in [2.05, 4.69) is 116 Å². The van der Waals surface area contributed by atoms with Gasteiger partial charge in [0.25, 0.3) is 0 Å². The third-order valence-corrected chi connectivity index (χ3v) is 18.7. The van der Waals surface area contributed by atoms with Crippen molar-refractivity contribution >= 4 is 5.91 Å². The largest absolute Gasteiger partial charge is 0.394 e. The molecule has 560 valence electrons. The number of aliphatic hydroxyl groups excluding tert-OH is 8. The maximum atomic E-state index is 13.4. The van der Waals surface area contributed by atoms with Gasteiger partial charge in [-0.05, 0) is 89.9 Å². The Balaban J connectivity index is 1.66. The van der Waals surface area contributed by atoms with Crippen LogP contribution in [-0.4, -0.2) is 140 Å². The maximum absolute atomic E-state index is 13.4. The lowest BCUT2D eigenvalue weighted by Crippen LogP contribution is -2.65. The number of hydrogen-bond acceptors (Lipinski definition) is 13. The lowest BCUT2D eigenvalue weighted by atomic mass is 9.97. The molecule has 0 aromatic heterocycles. The number of unbranched alkanes of at least 4 members (excludes halogenated alkanes) is 36. The van der Waals surface area contributed by atoms with Crippen molar-refractivity contribution in [1.82, 2.24) is 5.32 Å². The molecule has 12 atom stereocenters. The summed E-state index contributed by atoms with van der Waals surface area (Å²) in [6, 6.07) is -0.945. The topological polar surface area (TPSA) is 228 Å². The van der Waals surface area contributed by atoms with Crippen molar-refractivity contribution in [2.24, 2.45) is 0 Å². The summed E-state index contributed by atoms with van der Waals surface area (Å²) in [4.78, 5) is 13.4.